The number of carbonyl (C=O) groups excluding carboxylic acids is 13. The number of rotatable bonds is 13. The molecule has 13 unspecified atom stereocenters. The van der Waals surface area contributed by atoms with E-state index in [1.54, 1.807) is 19.9 Å². The fourth-order valence-electron chi connectivity index (χ4n) is 11.8. The number of Topliss-reactive ketones (excluding diaryl/α,β-unsaturated/α-hetero) is 4. The second-order valence-electron chi connectivity index (χ2n) is 26.9. The second kappa shape index (κ2) is 35.0. The quantitative estimate of drug-likeness (QED) is 0.0883. The van der Waals surface area contributed by atoms with E-state index in [-0.39, 0.29) is 28.7 Å². The average Bonchev–Trinajstić information content (AvgIpc) is 1.63. The summed E-state index contributed by atoms with van der Waals surface area (Å²) in [6, 6.07) is -9.54. The lowest BCUT2D eigenvalue weighted by Gasteiger charge is -2.37. The molecule has 1 aliphatic carbocycles. The summed E-state index contributed by atoms with van der Waals surface area (Å²) in [5.74, 6) is -26.0. The third-order valence-electron chi connectivity index (χ3n) is 19.3. The summed E-state index contributed by atoms with van der Waals surface area (Å²) in [4.78, 5) is 182. The van der Waals surface area contributed by atoms with Crippen LogP contribution in [0.25, 0.3) is 0 Å². The van der Waals surface area contributed by atoms with E-state index in [0.717, 1.165) is 13.2 Å². The Kier molecular flexibility index (Phi) is 28.7. The standard InChI is InChI=1S/C67H96N10O24/c1-25(2)37-19-40(81)39(24-79)74-63(96)38(73-42(83)22-71-64(97)41(82)21-70-65(98)46(35(12)80)75-66(99)49(77-62(37)95)55(89)56(90)59(68)92)20-69-61(94)31(8)34(11)72-47-48-54(88)44-43(53(47)87)45-57(33(10)52(44)86)101-67(13,58(45)91)100-18-17-36(23-78)29(6)28(5)30(7)51(85)32(9)50(84)26(3)15-14-16-27(4)60(93)76-48/h14-18,25-26,28-32,34-39,41,46,49-51,55-56,72,78-80,82,84-86,89-90H,19-24H2,1-13H3,(H2,68,92)(H,69,94)(H,70,98)(H,71,97)(H,73,83)(H,74,96)(H,75,99)(H,76,93)(H,77,95)/b15-14+,18-17+,27-16-/t26-,28+,29-,30-,31?,32?,34?,35?,36+,37?,38?,39?,41?,46?,49?,50?,51-,55?,56?,67-/m0/s1. The molecule has 0 radical (unpaired) electrons. The van der Waals surface area contributed by atoms with E-state index in [2.05, 4.69) is 42.5 Å². The van der Waals surface area contributed by atoms with Gasteiger partial charge in [-0.15, -0.1) is 0 Å². The molecule has 0 aromatic heterocycles. The lowest BCUT2D eigenvalue weighted by atomic mass is 9.72. The van der Waals surface area contributed by atoms with Gasteiger partial charge in [-0.3, -0.25) is 62.3 Å². The van der Waals surface area contributed by atoms with Crippen molar-refractivity contribution in [2.45, 2.75) is 169 Å². The number of aliphatic hydroxyl groups excluding tert-OH is 8. The number of amides is 9. The lowest BCUT2D eigenvalue weighted by molar-refractivity contribution is -0.144. The minimum absolute atomic E-state index is 0.0717. The summed E-state index contributed by atoms with van der Waals surface area (Å²) in [6.07, 6.45) is -5.10. The highest BCUT2D eigenvalue weighted by Gasteiger charge is 2.53. The molecule has 4 aliphatic heterocycles. The third-order valence-corrected chi connectivity index (χ3v) is 19.3. The summed E-state index contributed by atoms with van der Waals surface area (Å²) in [5.41, 5.74) is 1.50. The summed E-state index contributed by atoms with van der Waals surface area (Å²) >= 11 is 0. The van der Waals surface area contributed by atoms with Crippen LogP contribution in [0.3, 0.4) is 0 Å². The molecule has 4 heterocycles. The normalized spacial score (nSPS) is 31.7. The SMILES string of the molecule is C/C1=C/C=C/[C@H](C)C(O)C(C)[C@@H](O)[C@@H](C)[C@H](C)[C@H](C)[C@@H](CO)/C=C/O[C@@]2(C)Oc3c(C)c(O)c4c(c3C2=O)C(=O)C(NC(C)C(C)C(=O)NCC2NC(=O)CNC(=O)C(O)CNC(=O)C(C(C)O)NC(=O)C(C(O)C(O)C(N)=O)NC(=O)C(C(C)C)CC(=O)C(CO)NC2=O)=C(NC1=O)C4=O. The molecule has 101 heavy (non-hydrogen) atoms. The van der Waals surface area contributed by atoms with E-state index >= 15 is 9.59 Å². The van der Waals surface area contributed by atoms with Gasteiger partial charge in [-0.05, 0) is 57.4 Å². The van der Waals surface area contributed by atoms with Crippen molar-refractivity contribution in [1.29, 1.82) is 0 Å². The van der Waals surface area contributed by atoms with Crippen LogP contribution in [-0.4, -0.2) is 228 Å². The molecule has 0 saturated carbocycles. The number of allylic oxidation sites excluding steroid dienone is 4. The molecule has 558 valence electrons. The molecule has 20 N–H and O–H groups in total. The van der Waals surface area contributed by atoms with Crippen LogP contribution in [-0.2, 0) is 52.7 Å². The van der Waals surface area contributed by atoms with E-state index in [9.17, 15) is 98.7 Å². The smallest absolute Gasteiger partial charge is 0.312 e. The maximum Gasteiger partial charge on any atom is 0.312 e. The molecule has 34 heteroatoms. The first kappa shape index (κ1) is 82.6. The second-order valence-corrected chi connectivity index (χ2v) is 26.9. The molecule has 34 nitrogen and oxygen atoms in total. The molecule has 1 fully saturated rings. The number of phenols is 1. The Balaban J connectivity index is 1.53. The van der Waals surface area contributed by atoms with Crippen molar-refractivity contribution in [2.75, 3.05) is 32.8 Å². The van der Waals surface area contributed by atoms with Crippen LogP contribution in [0, 0.1) is 60.2 Å². The predicted octanol–water partition coefficient (Wildman–Crippen LogP) is -4.66. The minimum atomic E-state index is -2.55. The van der Waals surface area contributed by atoms with Gasteiger partial charge >= 0.3 is 5.79 Å². The third kappa shape index (κ3) is 19.1. The van der Waals surface area contributed by atoms with Crippen LogP contribution in [0.2, 0.25) is 0 Å². The molecule has 9 amide bonds. The van der Waals surface area contributed by atoms with Gasteiger partial charge < -0.3 is 109 Å². The Morgan fingerprint density at radius 2 is 1.35 bits per heavy atom. The maximum atomic E-state index is 15.3. The molecular weight excluding hydrogens is 1330 g/mol. The highest BCUT2D eigenvalue weighted by Crippen LogP contribution is 2.49. The van der Waals surface area contributed by atoms with Crippen LogP contribution < -0.4 is 58.3 Å². The van der Waals surface area contributed by atoms with Gasteiger partial charge in [0.25, 0.3) is 17.6 Å². The summed E-state index contributed by atoms with van der Waals surface area (Å²) < 4.78 is 12.1. The molecule has 6 rings (SSSR count). The number of fused-ring (bicyclic) bond motifs is 14. The number of nitrogens with two attached hydrogens (primary N) is 1. The van der Waals surface area contributed by atoms with Gasteiger partial charge in [0.05, 0.1) is 66.9 Å². The van der Waals surface area contributed by atoms with Crippen molar-refractivity contribution in [3.63, 3.8) is 0 Å². The molecular formula is C67H96N10O24. The topological polar surface area (TPSA) is 557 Å². The predicted molar refractivity (Wildman–Crippen MR) is 354 cm³/mol. The largest absolute Gasteiger partial charge is 0.507 e. The van der Waals surface area contributed by atoms with Crippen molar-refractivity contribution in [3.8, 4) is 11.5 Å². The molecule has 1 saturated heterocycles. The van der Waals surface area contributed by atoms with Crippen molar-refractivity contribution in [2.24, 2.45) is 59.0 Å². The number of primary amides is 1. The number of hydrogen-bond acceptors (Lipinski definition) is 25. The minimum Gasteiger partial charge on any atom is -0.507 e. The summed E-state index contributed by atoms with van der Waals surface area (Å²) in [7, 11) is 0. The van der Waals surface area contributed by atoms with Crippen LogP contribution in [0.1, 0.15) is 126 Å². The van der Waals surface area contributed by atoms with Crippen LogP contribution in [0.5, 0.6) is 11.5 Å². The lowest BCUT2D eigenvalue weighted by Crippen LogP contribution is -2.63. The Morgan fingerprint density at radius 1 is 0.713 bits per heavy atom. The number of hydrogen-bond donors (Lipinski definition) is 19. The number of aliphatic hydroxyl groups is 8. The fraction of sp³-hybridized carbons (Fsp3) is 0.597. The van der Waals surface area contributed by atoms with E-state index in [4.69, 9.17) is 15.2 Å². The van der Waals surface area contributed by atoms with Gasteiger partial charge in [0.15, 0.2) is 11.9 Å². The Labute approximate surface area is 582 Å². The summed E-state index contributed by atoms with van der Waals surface area (Å²) in [6.45, 7) is 14.8. The highest BCUT2D eigenvalue weighted by atomic mass is 16.7. The maximum absolute atomic E-state index is 15.3. The van der Waals surface area contributed by atoms with E-state index < -0.39 is 263 Å². The average molecular weight is 1430 g/mol. The first-order chi connectivity index (χ1) is 47.1. The van der Waals surface area contributed by atoms with Gasteiger partial charge in [-0.1, -0.05) is 73.6 Å². The molecule has 5 bridgehead atoms. The molecule has 1 aromatic carbocycles. The number of ketones is 4. The van der Waals surface area contributed by atoms with Crippen molar-refractivity contribution in [3.05, 3.63) is 69.8 Å². The molecule has 20 atom stereocenters. The van der Waals surface area contributed by atoms with Gasteiger partial charge in [-0.2, -0.15) is 0 Å². The molecule has 0 spiro atoms. The first-order valence-electron chi connectivity index (χ1n) is 33.0. The van der Waals surface area contributed by atoms with Gasteiger partial charge in [0.1, 0.15) is 59.3 Å². The molecule has 1 aromatic rings. The molecule has 5 aliphatic rings. The fourth-order valence-corrected chi connectivity index (χ4v) is 11.8. The van der Waals surface area contributed by atoms with Crippen LogP contribution >= 0.6 is 0 Å². The highest BCUT2D eigenvalue weighted by molar-refractivity contribution is 6.32. The van der Waals surface area contributed by atoms with Gasteiger partial charge in [0, 0.05) is 67.3 Å². The van der Waals surface area contributed by atoms with E-state index in [0.29, 0.717) is 0 Å². The van der Waals surface area contributed by atoms with Crippen LogP contribution in [0.4, 0.5) is 0 Å². The number of β-amino-alcohol motifs (C(OH)–C–C–N with tert-alkyl or cyclic N) is 1. The van der Waals surface area contributed by atoms with Crippen molar-refractivity contribution in [1.82, 2.24) is 47.9 Å². The van der Waals surface area contributed by atoms with Gasteiger partial charge in [-0.25, -0.2) is 0 Å². The van der Waals surface area contributed by atoms with E-state index in [1.807, 2.05) is 26.1 Å². The Hall–Kier alpha value is -9.03. The number of ether oxygens (including phenoxy) is 2. The van der Waals surface area contributed by atoms with Crippen LogP contribution in [0.15, 0.2) is 47.5 Å². The van der Waals surface area contributed by atoms with Crippen molar-refractivity contribution >= 4 is 76.3 Å². The first-order valence-corrected chi connectivity index (χ1v) is 33.0. The zero-order valence-electron chi connectivity index (χ0n) is 58.4. The summed E-state index contributed by atoms with van der Waals surface area (Å²) in [5, 5.41) is 119. The number of aromatic hydroxyl groups is 1. The Bertz CT molecular complexity index is 3510. The number of nitrogens with one attached hydrogen (secondary N) is 9. The van der Waals surface area contributed by atoms with Crippen molar-refractivity contribution < 1.29 is 118 Å². The zero-order valence-corrected chi connectivity index (χ0v) is 58.4. The van der Waals surface area contributed by atoms with E-state index in [1.165, 1.54) is 66.7 Å². The monoisotopic (exact) mass is 1420 g/mol. The number of phenolic OH excluding ortho intramolecular Hbond substituents is 1. The zero-order chi connectivity index (χ0) is 76.3. The van der Waals surface area contributed by atoms with Gasteiger partial charge in [0.2, 0.25) is 52.9 Å². The Morgan fingerprint density at radius 3 is 1.94 bits per heavy atom. The number of carbonyl (C=O) groups is 13. The number of benzene rings is 1.